The normalized spacial score (nSPS) is 18.2. The zero-order chi connectivity index (χ0) is 27.7. The lowest BCUT2D eigenvalue weighted by atomic mass is 10.2. The third kappa shape index (κ3) is 11.9. The number of esters is 1. The van der Waals surface area contributed by atoms with Crippen LogP contribution in [0, 0.1) is 0 Å². The molecule has 0 aliphatic carbocycles. The second-order valence-electron chi connectivity index (χ2n) is 9.24. The predicted molar refractivity (Wildman–Crippen MR) is 147 cm³/mol. The number of nitrogens with two attached hydrogens (primary N) is 1. The van der Waals surface area contributed by atoms with Crippen molar-refractivity contribution in [3.05, 3.63) is 53.1 Å². The van der Waals surface area contributed by atoms with Gasteiger partial charge in [0.1, 0.15) is 5.69 Å². The van der Waals surface area contributed by atoms with E-state index in [1.165, 1.54) is 7.11 Å². The summed E-state index contributed by atoms with van der Waals surface area (Å²) < 4.78 is 28.1. The molecule has 1 saturated heterocycles. The summed E-state index contributed by atoms with van der Waals surface area (Å²) in [6.45, 7) is 10.6. The van der Waals surface area contributed by atoms with Crippen LogP contribution < -0.4 is 5.73 Å². The van der Waals surface area contributed by atoms with Crippen molar-refractivity contribution in [2.24, 2.45) is 0 Å². The number of aryl methyl sites for hydroxylation is 1. The molecule has 2 aromatic rings. The first kappa shape index (κ1) is 30.9. The van der Waals surface area contributed by atoms with Crippen LogP contribution in [-0.2, 0) is 43.2 Å². The van der Waals surface area contributed by atoms with E-state index in [0.29, 0.717) is 84.7 Å². The van der Waals surface area contributed by atoms with Gasteiger partial charge in [-0.2, -0.15) is 0 Å². The van der Waals surface area contributed by atoms with Crippen LogP contribution >= 0.6 is 0 Å². The van der Waals surface area contributed by atoms with Crippen molar-refractivity contribution in [3.8, 4) is 0 Å². The maximum Gasteiger partial charge on any atom is 0.356 e. The van der Waals surface area contributed by atoms with E-state index in [0.717, 1.165) is 42.3 Å². The summed E-state index contributed by atoms with van der Waals surface area (Å²) in [5, 5.41) is 0. The quantitative estimate of drug-likeness (QED) is 0.535. The zero-order valence-corrected chi connectivity index (χ0v) is 23.3. The first-order valence-electron chi connectivity index (χ1n) is 13.6. The number of carbonyl (C=O) groups excluding carboxylic acids is 1. The van der Waals surface area contributed by atoms with Gasteiger partial charge in [-0.3, -0.25) is 14.8 Å². The van der Waals surface area contributed by atoms with Crippen LogP contribution in [0.1, 0.15) is 34.5 Å². The summed E-state index contributed by atoms with van der Waals surface area (Å²) in [6, 6.07) is 9.22. The van der Waals surface area contributed by atoms with Gasteiger partial charge in [-0.25, -0.2) is 9.78 Å². The van der Waals surface area contributed by atoms with Crippen LogP contribution in [0.3, 0.4) is 0 Å². The highest BCUT2D eigenvalue weighted by molar-refractivity contribution is 5.87. The minimum absolute atomic E-state index is 0.298. The minimum Gasteiger partial charge on any atom is -0.464 e. The highest BCUT2D eigenvalue weighted by Gasteiger charge is 2.12. The molecule has 0 amide bonds. The monoisotopic (exact) mass is 545 g/mol. The number of nitrogen functional groups attached to an aromatic ring is 1. The molecule has 39 heavy (non-hydrogen) atoms. The minimum atomic E-state index is -0.446. The number of methoxy groups -OCH3 is 1. The molecule has 1 aliphatic rings. The van der Waals surface area contributed by atoms with Crippen molar-refractivity contribution in [1.82, 2.24) is 19.8 Å². The van der Waals surface area contributed by atoms with Crippen LogP contribution in [-0.4, -0.2) is 112 Å². The van der Waals surface area contributed by atoms with E-state index >= 15 is 0 Å². The molecule has 11 nitrogen and oxygen atoms in total. The highest BCUT2D eigenvalue weighted by atomic mass is 16.5. The van der Waals surface area contributed by atoms with E-state index in [1.807, 2.05) is 24.3 Å². The summed E-state index contributed by atoms with van der Waals surface area (Å²) in [6.07, 6.45) is 0.849. The second-order valence-corrected chi connectivity index (χ2v) is 9.24. The Kier molecular flexibility index (Phi) is 14.1. The predicted octanol–water partition coefficient (Wildman–Crippen LogP) is 1.79. The molecule has 1 fully saturated rings. The molecule has 2 aromatic heterocycles. The third-order valence-electron chi connectivity index (χ3n) is 6.24. The van der Waals surface area contributed by atoms with E-state index in [2.05, 4.69) is 21.7 Å². The number of ether oxygens (including phenoxy) is 5. The molecule has 0 atom stereocenters. The number of nitrogens with zero attached hydrogens (tertiary/aromatic N) is 4. The molecule has 0 bridgehead atoms. The fourth-order valence-electron chi connectivity index (χ4n) is 4.14. The van der Waals surface area contributed by atoms with E-state index < -0.39 is 5.97 Å². The number of hydrogen-bond donors (Lipinski definition) is 1. The van der Waals surface area contributed by atoms with Crippen LogP contribution in [0.25, 0.3) is 0 Å². The number of carbonyl (C=O) groups is 1. The molecular formula is C28H43N5O6. The van der Waals surface area contributed by atoms with Crippen LogP contribution in [0.2, 0.25) is 0 Å². The van der Waals surface area contributed by atoms with Crippen molar-refractivity contribution in [3.63, 3.8) is 0 Å². The number of aromatic nitrogens is 2. The van der Waals surface area contributed by atoms with Gasteiger partial charge in [0.25, 0.3) is 0 Å². The van der Waals surface area contributed by atoms with Crippen molar-refractivity contribution < 1.29 is 28.5 Å². The van der Waals surface area contributed by atoms with Gasteiger partial charge in [-0.1, -0.05) is 13.0 Å². The Balaban J connectivity index is 1.49. The Bertz CT molecular complexity index is 975. The summed E-state index contributed by atoms with van der Waals surface area (Å²) in [5.74, 6) is -0.446. The molecule has 0 unspecified atom stereocenters. The van der Waals surface area contributed by atoms with Crippen molar-refractivity contribution in [1.29, 1.82) is 0 Å². The summed E-state index contributed by atoms with van der Waals surface area (Å²) in [7, 11) is 1.35. The Morgan fingerprint density at radius 3 is 1.82 bits per heavy atom. The number of anilines is 1. The molecule has 0 radical (unpaired) electrons. The molecule has 2 N–H and O–H groups in total. The largest absolute Gasteiger partial charge is 0.464 e. The van der Waals surface area contributed by atoms with Gasteiger partial charge in [0.2, 0.25) is 0 Å². The second kappa shape index (κ2) is 17.8. The van der Waals surface area contributed by atoms with Gasteiger partial charge in [0, 0.05) is 50.6 Å². The zero-order valence-electron chi connectivity index (χ0n) is 23.3. The smallest absolute Gasteiger partial charge is 0.356 e. The highest BCUT2D eigenvalue weighted by Crippen LogP contribution is 2.11. The summed E-state index contributed by atoms with van der Waals surface area (Å²) >= 11 is 0. The van der Waals surface area contributed by atoms with Crippen LogP contribution in [0.15, 0.2) is 30.3 Å². The van der Waals surface area contributed by atoms with Crippen LogP contribution in [0.4, 0.5) is 5.69 Å². The Labute approximate surface area is 231 Å². The molecule has 0 aromatic carbocycles. The van der Waals surface area contributed by atoms with Gasteiger partial charge in [0.15, 0.2) is 0 Å². The van der Waals surface area contributed by atoms with E-state index in [1.54, 1.807) is 6.07 Å². The fraction of sp³-hybridized carbons (Fsp3) is 0.607. The van der Waals surface area contributed by atoms with Crippen molar-refractivity contribution >= 4 is 11.7 Å². The number of hydrogen-bond acceptors (Lipinski definition) is 11. The molecule has 0 saturated carbocycles. The lowest BCUT2D eigenvalue weighted by molar-refractivity contribution is 0.00598. The van der Waals surface area contributed by atoms with Gasteiger partial charge >= 0.3 is 5.97 Å². The first-order chi connectivity index (χ1) is 19.1. The molecule has 3 rings (SSSR count). The topological polar surface area (TPSA) is 122 Å². The van der Waals surface area contributed by atoms with Gasteiger partial charge in [-0.05, 0) is 30.7 Å². The lowest BCUT2D eigenvalue weighted by Gasteiger charge is -2.23. The Morgan fingerprint density at radius 2 is 1.31 bits per heavy atom. The summed E-state index contributed by atoms with van der Waals surface area (Å²) in [4.78, 5) is 25.5. The molecular weight excluding hydrogens is 502 g/mol. The SMILES string of the molecule is CCc1cc(N)cc(CN2CCOCCOCCN(Cc3cccc(C(=O)OC)n3)CCOCCOCC2)n1. The Hall–Kier alpha value is -2.67. The average molecular weight is 546 g/mol. The van der Waals surface area contributed by atoms with E-state index in [4.69, 9.17) is 34.4 Å². The Morgan fingerprint density at radius 1 is 0.795 bits per heavy atom. The summed E-state index contributed by atoms with van der Waals surface area (Å²) in [5.41, 5.74) is 9.85. The maximum atomic E-state index is 11.8. The van der Waals surface area contributed by atoms with E-state index in [-0.39, 0.29) is 0 Å². The maximum absolute atomic E-state index is 11.8. The molecule has 216 valence electrons. The number of rotatable bonds is 6. The average Bonchev–Trinajstić information content (AvgIpc) is 2.94. The van der Waals surface area contributed by atoms with Crippen molar-refractivity contribution in [2.75, 3.05) is 91.9 Å². The molecule has 11 heteroatoms. The first-order valence-corrected chi connectivity index (χ1v) is 13.6. The fourth-order valence-corrected chi connectivity index (χ4v) is 4.14. The van der Waals surface area contributed by atoms with Gasteiger partial charge < -0.3 is 29.4 Å². The molecule has 1 aliphatic heterocycles. The lowest BCUT2D eigenvalue weighted by Crippen LogP contribution is -2.33. The van der Waals surface area contributed by atoms with Gasteiger partial charge in [-0.15, -0.1) is 0 Å². The van der Waals surface area contributed by atoms with Gasteiger partial charge in [0.05, 0.1) is 71.4 Å². The van der Waals surface area contributed by atoms with E-state index in [9.17, 15) is 4.79 Å². The standard InChI is InChI=1S/C28H43N5O6/c1-3-24-19-23(29)20-26(30-24)22-33-9-13-38-17-15-36-11-7-32(8-12-37-16-18-39-14-10-33)21-25-5-4-6-27(31-25)28(34)35-2/h4-6,19-20H,3,7-18,21-22H2,1-2H3,(H2,29,30). The third-order valence-corrected chi connectivity index (χ3v) is 6.24. The molecule has 3 heterocycles. The molecule has 0 spiro atoms. The number of pyridine rings is 2. The van der Waals surface area contributed by atoms with Crippen LogP contribution in [0.5, 0.6) is 0 Å². The van der Waals surface area contributed by atoms with Crippen molar-refractivity contribution in [2.45, 2.75) is 26.4 Å².